The van der Waals surface area contributed by atoms with Crippen LogP contribution in [0.2, 0.25) is 10.0 Å². The fraction of sp³-hybridized carbons (Fsp3) is 0.375. The Morgan fingerprint density at radius 2 is 2.05 bits per heavy atom. The van der Waals surface area contributed by atoms with Gasteiger partial charge in [0.25, 0.3) is 5.91 Å². The molecule has 3 atom stereocenters. The van der Waals surface area contributed by atoms with Gasteiger partial charge in [-0.25, -0.2) is 0 Å². The van der Waals surface area contributed by atoms with Crippen LogP contribution in [0, 0.1) is 17.8 Å². The molecule has 1 aromatic carbocycles. The van der Waals surface area contributed by atoms with Gasteiger partial charge < -0.3 is 10.1 Å². The molecule has 4 nitrogen and oxygen atoms in total. The first-order valence-electron chi connectivity index (χ1n) is 7.13. The first-order valence-corrected chi connectivity index (χ1v) is 7.89. The summed E-state index contributed by atoms with van der Waals surface area (Å²) < 4.78 is 5.12. The number of halogens is 2. The lowest BCUT2D eigenvalue weighted by atomic mass is 9.94. The van der Waals surface area contributed by atoms with Crippen molar-refractivity contribution in [3.05, 3.63) is 40.4 Å². The molecule has 116 valence electrons. The average molecular weight is 340 g/mol. The molecule has 1 fully saturated rings. The van der Waals surface area contributed by atoms with Crippen molar-refractivity contribution in [2.75, 3.05) is 11.9 Å². The summed E-state index contributed by atoms with van der Waals surface area (Å²) in [4.78, 5) is 23.9. The van der Waals surface area contributed by atoms with E-state index < -0.39 is 5.91 Å². The summed E-state index contributed by atoms with van der Waals surface area (Å²) in [5.74, 6) is -0.0949. The molecule has 1 N–H and O–H groups in total. The molecule has 1 saturated carbocycles. The van der Waals surface area contributed by atoms with Gasteiger partial charge in [-0.3, -0.25) is 9.59 Å². The normalized spacial score (nSPS) is 25.3. The van der Waals surface area contributed by atoms with Gasteiger partial charge >= 0.3 is 5.97 Å². The first-order chi connectivity index (χ1) is 10.5. The van der Waals surface area contributed by atoms with E-state index in [2.05, 4.69) is 17.5 Å². The van der Waals surface area contributed by atoms with Gasteiger partial charge in [0.1, 0.15) is 0 Å². The molecule has 0 spiro atoms. The summed E-state index contributed by atoms with van der Waals surface area (Å²) in [6.45, 7) is -0.320. The summed E-state index contributed by atoms with van der Waals surface area (Å²) in [6, 6.07) is 4.94. The average Bonchev–Trinajstić information content (AvgIpc) is 3.12. The molecule has 2 bridgehead atoms. The second-order valence-electron chi connectivity index (χ2n) is 5.64. The number of esters is 1. The van der Waals surface area contributed by atoms with Crippen LogP contribution in [0.25, 0.3) is 0 Å². The molecule has 0 heterocycles. The SMILES string of the molecule is O=C(COC(=O)[C@@H]1C[C@@H]2C=C[C@H]1C2)Nc1cccc(Cl)c1Cl. The third kappa shape index (κ3) is 3.13. The summed E-state index contributed by atoms with van der Waals surface area (Å²) in [5, 5.41) is 3.20. The molecule has 1 aromatic rings. The second-order valence-corrected chi connectivity index (χ2v) is 6.43. The van der Waals surface area contributed by atoms with Crippen molar-refractivity contribution < 1.29 is 14.3 Å². The molecule has 2 aliphatic rings. The maximum Gasteiger partial charge on any atom is 0.310 e. The highest BCUT2D eigenvalue weighted by atomic mass is 35.5. The van der Waals surface area contributed by atoms with E-state index in [-0.39, 0.29) is 29.4 Å². The largest absolute Gasteiger partial charge is 0.455 e. The standard InChI is InChI=1S/C16H15Cl2NO3/c17-12-2-1-3-13(15(12)18)19-14(20)8-22-16(21)11-7-9-4-5-10(11)6-9/h1-5,9-11H,6-8H2,(H,19,20)/t9-,10+,11-/m1/s1. The van der Waals surface area contributed by atoms with E-state index in [0.717, 1.165) is 12.8 Å². The van der Waals surface area contributed by atoms with Crippen LogP contribution in [0.15, 0.2) is 30.4 Å². The number of ether oxygens (including phenoxy) is 1. The van der Waals surface area contributed by atoms with Crippen molar-refractivity contribution in [3.63, 3.8) is 0 Å². The number of hydrogen-bond acceptors (Lipinski definition) is 3. The van der Waals surface area contributed by atoms with Crippen molar-refractivity contribution in [1.82, 2.24) is 0 Å². The van der Waals surface area contributed by atoms with Crippen molar-refractivity contribution in [2.45, 2.75) is 12.8 Å². The monoisotopic (exact) mass is 339 g/mol. The Kier molecular flexibility index (Phi) is 4.41. The predicted octanol–water partition coefficient (Wildman–Crippen LogP) is 3.69. The number of amides is 1. The lowest BCUT2D eigenvalue weighted by Gasteiger charge is -2.16. The number of anilines is 1. The zero-order valence-electron chi connectivity index (χ0n) is 11.7. The van der Waals surface area contributed by atoms with Crippen molar-refractivity contribution >= 4 is 40.8 Å². The van der Waals surface area contributed by atoms with Gasteiger partial charge in [0.15, 0.2) is 6.61 Å². The van der Waals surface area contributed by atoms with E-state index >= 15 is 0 Å². The van der Waals surface area contributed by atoms with Gasteiger partial charge in [-0.05, 0) is 36.8 Å². The number of fused-ring (bicyclic) bond motifs is 2. The third-order valence-electron chi connectivity index (χ3n) is 4.15. The molecule has 0 radical (unpaired) electrons. The van der Waals surface area contributed by atoms with E-state index in [4.69, 9.17) is 27.9 Å². The molecule has 0 aromatic heterocycles. The highest BCUT2D eigenvalue weighted by molar-refractivity contribution is 6.43. The number of allylic oxidation sites excluding steroid dienone is 2. The van der Waals surface area contributed by atoms with Crippen LogP contribution in [0.1, 0.15) is 12.8 Å². The molecule has 2 aliphatic carbocycles. The minimum absolute atomic E-state index is 0.113. The second kappa shape index (κ2) is 6.31. The topological polar surface area (TPSA) is 55.4 Å². The molecular formula is C16H15Cl2NO3. The molecule has 22 heavy (non-hydrogen) atoms. The van der Waals surface area contributed by atoms with Crippen molar-refractivity contribution in [2.24, 2.45) is 17.8 Å². The molecular weight excluding hydrogens is 325 g/mol. The van der Waals surface area contributed by atoms with Crippen LogP contribution in [0.4, 0.5) is 5.69 Å². The molecule has 0 saturated heterocycles. The number of carbonyl (C=O) groups is 2. The van der Waals surface area contributed by atoms with Crippen molar-refractivity contribution in [1.29, 1.82) is 0 Å². The number of rotatable bonds is 4. The van der Waals surface area contributed by atoms with Gasteiger partial charge in [-0.1, -0.05) is 41.4 Å². The van der Waals surface area contributed by atoms with Gasteiger partial charge in [0.05, 0.1) is 21.7 Å². The number of nitrogens with one attached hydrogen (secondary N) is 1. The van der Waals surface area contributed by atoms with Gasteiger partial charge in [-0.2, -0.15) is 0 Å². The Balaban J connectivity index is 1.51. The fourth-order valence-corrected chi connectivity index (χ4v) is 3.43. The predicted molar refractivity (Wildman–Crippen MR) is 84.9 cm³/mol. The Morgan fingerprint density at radius 3 is 2.73 bits per heavy atom. The highest BCUT2D eigenvalue weighted by Crippen LogP contribution is 2.43. The number of hydrogen-bond donors (Lipinski definition) is 1. The third-order valence-corrected chi connectivity index (χ3v) is 4.97. The zero-order valence-corrected chi connectivity index (χ0v) is 13.2. The van der Waals surface area contributed by atoms with Gasteiger partial charge in [0, 0.05) is 0 Å². The maximum absolute atomic E-state index is 12.0. The van der Waals surface area contributed by atoms with Crippen molar-refractivity contribution in [3.8, 4) is 0 Å². The van der Waals surface area contributed by atoms with Crippen LogP contribution in [0.3, 0.4) is 0 Å². The minimum atomic E-state index is -0.434. The van der Waals surface area contributed by atoms with Crippen LogP contribution in [-0.2, 0) is 14.3 Å². The summed E-state index contributed by atoms with van der Waals surface area (Å²) in [7, 11) is 0. The lowest BCUT2D eigenvalue weighted by Crippen LogP contribution is -2.26. The zero-order chi connectivity index (χ0) is 15.7. The van der Waals surface area contributed by atoms with Crippen LogP contribution < -0.4 is 5.32 Å². The van der Waals surface area contributed by atoms with E-state index in [1.165, 1.54) is 0 Å². The van der Waals surface area contributed by atoms with Crippen LogP contribution in [-0.4, -0.2) is 18.5 Å². The van der Waals surface area contributed by atoms with E-state index in [1.54, 1.807) is 18.2 Å². The lowest BCUT2D eigenvalue weighted by molar-refractivity contribution is -0.152. The fourth-order valence-electron chi connectivity index (χ4n) is 3.08. The Labute approximate surface area is 138 Å². The van der Waals surface area contributed by atoms with Crippen LogP contribution in [0.5, 0.6) is 0 Å². The smallest absolute Gasteiger partial charge is 0.310 e. The summed E-state index contributed by atoms with van der Waals surface area (Å²) in [5.41, 5.74) is 0.401. The molecule has 1 amide bonds. The molecule has 0 aliphatic heterocycles. The maximum atomic E-state index is 12.0. The number of carbonyl (C=O) groups excluding carboxylic acids is 2. The summed E-state index contributed by atoms with van der Waals surface area (Å²) >= 11 is 11.9. The van der Waals surface area contributed by atoms with Gasteiger partial charge in [0.2, 0.25) is 0 Å². The first kappa shape index (κ1) is 15.4. The summed E-state index contributed by atoms with van der Waals surface area (Å²) in [6.07, 6.45) is 6.07. The molecule has 0 unspecified atom stereocenters. The Bertz CT molecular complexity index is 644. The van der Waals surface area contributed by atoms with Gasteiger partial charge in [-0.15, -0.1) is 0 Å². The van der Waals surface area contributed by atoms with E-state index in [9.17, 15) is 9.59 Å². The minimum Gasteiger partial charge on any atom is -0.455 e. The Hall–Kier alpha value is -1.52. The Morgan fingerprint density at radius 1 is 1.23 bits per heavy atom. The molecule has 3 rings (SSSR count). The van der Waals surface area contributed by atoms with Crippen LogP contribution >= 0.6 is 23.2 Å². The van der Waals surface area contributed by atoms with E-state index in [0.29, 0.717) is 16.6 Å². The quantitative estimate of drug-likeness (QED) is 0.672. The number of benzene rings is 1. The molecule has 6 heteroatoms. The highest BCUT2D eigenvalue weighted by Gasteiger charge is 2.40. The van der Waals surface area contributed by atoms with E-state index in [1.807, 2.05) is 0 Å².